The van der Waals surface area contributed by atoms with Gasteiger partial charge in [-0.1, -0.05) is 25.1 Å². The van der Waals surface area contributed by atoms with E-state index in [1.54, 1.807) is 16.9 Å². The molecule has 0 saturated carbocycles. The number of anilines is 1. The van der Waals surface area contributed by atoms with E-state index in [9.17, 15) is 9.59 Å². The molecule has 0 N–H and O–H groups in total. The van der Waals surface area contributed by atoms with Crippen LogP contribution in [0.15, 0.2) is 79.1 Å². The first-order chi connectivity index (χ1) is 15.6. The van der Waals surface area contributed by atoms with E-state index in [1.165, 1.54) is 0 Å². The average molecular weight is 425 g/mol. The maximum absolute atomic E-state index is 13.5. The lowest BCUT2D eigenvalue weighted by Crippen LogP contribution is -2.30. The highest BCUT2D eigenvalue weighted by Crippen LogP contribution is 2.29. The molecule has 0 fully saturated rings. The molecule has 2 aromatic carbocycles. The smallest absolute Gasteiger partial charge is 0.258 e. The van der Waals surface area contributed by atoms with E-state index < -0.39 is 0 Å². The van der Waals surface area contributed by atoms with E-state index in [1.807, 2.05) is 60.4 Å². The van der Waals surface area contributed by atoms with Crippen LogP contribution in [0.3, 0.4) is 0 Å². The van der Waals surface area contributed by atoms with Crippen molar-refractivity contribution in [3.8, 4) is 5.69 Å². The van der Waals surface area contributed by atoms with Gasteiger partial charge in [0, 0.05) is 42.3 Å². The maximum Gasteiger partial charge on any atom is 0.258 e. The van der Waals surface area contributed by atoms with E-state index in [-0.39, 0.29) is 11.7 Å². The fraction of sp³-hybridized carbons (Fsp3) is 0.192. The summed E-state index contributed by atoms with van der Waals surface area (Å²) in [4.78, 5) is 27.4. The molecule has 1 aliphatic heterocycles. The lowest BCUT2D eigenvalue weighted by Gasteiger charge is -2.23. The summed E-state index contributed by atoms with van der Waals surface area (Å²) in [7, 11) is 0. The Morgan fingerprint density at radius 3 is 2.53 bits per heavy atom. The summed E-state index contributed by atoms with van der Waals surface area (Å²) in [6, 6.07) is 21.2. The number of nitrogens with zero attached hydrogens (tertiary/aromatic N) is 4. The molecular weight excluding hydrogens is 400 g/mol. The van der Waals surface area contributed by atoms with Gasteiger partial charge in [0.25, 0.3) is 5.91 Å². The Bertz CT molecular complexity index is 1280. The first kappa shape index (κ1) is 20.0. The zero-order chi connectivity index (χ0) is 22.1. The highest BCUT2D eigenvalue weighted by Gasteiger charge is 2.24. The van der Waals surface area contributed by atoms with E-state index in [0.717, 1.165) is 35.6 Å². The van der Waals surface area contributed by atoms with E-state index in [2.05, 4.69) is 28.0 Å². The van der Waals surface area contributed by atoms with Crippen LogP contribution < -0.4 is 4.90 Å². The second-order valence-corrected chi connectivity index (χ2v) is 8.01. The SMILES string of the molecule is CCCC(=O)c1ccn(-c2ccc(C(=O)N3Cc4cccn4Cc4ccccc43)cc2)n1. The van der Waals surface area contributed by atoms with Crippen molar-refractivity contribution in [1.29, 1.82) is 0 Å². The summed E-state index contributed by atoms with van der Waals surface area (Å²) in [5, 5.41) is 4.39. The number of carbonyl (C=O) groups is 2. The van der Waals surface area contributed by atoms with Crippen LogP contribution in [0.25, 0.3) is 5.69 Å². The first-order valence-electron chi connectivity index (χ1n) is 10.9. The first-order valence-corrected chi connectivity index (χ1v) is 10.9. The minimum absolute atomic E-state index is 0.0436. The number of para-hydroxylation sites is 1. The third-order valence-electron chi connectivity index (χ3n) is 5.84. The minimum Gasteiger partial charge on any atom is -0.345 e. The molecule has 0 aliphatic carbocycles. The summed E-state index contributed by atoms with van der Waals surface area (Å²) in [6.45, 7) is 3.25. The molecule has 32 heavy (non-hydrogen) atoms. The van der Waals surface area contributed by atoms with Crippen molar-refractivity contribution in [2.24, 2.45) is 0 Å². The van der Waals surface area contributed by atoms with Gasteiger partial charge >= 0.3 is 0 Å². The topological polar surface area (TPSA) is 60.1 Å². The number of carbonyl (C=O) groups excluding carboxylic acids is 2. The molecule has 0 saturated heterocycles. The van der Waals surface area contributed by atoms with Gasteiger partial charge in [-0.2, -0.15) is 5.10 Å². The highest BCUT2D eigenvalue weighted by molar-refractivity contribution is 6.06. The van der Waals surface area contributed by atoms with E-state index >= 15 is 0 Å². The fourth-order valence-electron chi connectivity index (χ4n) is 4.15. The third kappa shape index (κ3) is 3.64. The Labute approximate surface area is 186 Å². The molecule has 0 bridgehead atoms. The van der Waals surface area contributed by atoms with Crippen molar-refractivity contribution in [1.82, 2.24) is 14.3 Å². The average Bonchev–Trinajstić information content (AvgIpc) is 3.45. The molecule has 3 heterocycles. The molecule has 6 nitrogen and oxygen atoms in total. The number of Topliss-reactive ketones (excluding diaryl/α,β-unsaturated/α-hetero) is 1. The second-order valence-electron chi connectivity index (χ2n) is 8.01. The van der Waals surface area contributed by atoms with Crippen LogP contribution >= 0.6 is 0 Å². The Balaban J connectivity index is 1.42. The minimum atomic E-state index is -0.0436. The van der Waals surface area contributed by atoms with Gasteiger partial charge in [0.2, 0.25) is 0 Å². The lowest BCUT2D eigenvalue weighted by molar-refractivity contribution is 0.0972. The fourth-order valence-corrected chi connectivity index (χ4v) is 4.15. The summed E-state index contributed by atoms with van der Waals surface area (Å²) < 4.78 is 3.86. The molecule has 0 radical (unpaired) electrons. The van der Waals surface area contributed by atoms with Gasteiger partial charge in [0.05, 0.1) is 12.2 Å². The van der Waals surface area contributed by atoms with Gasteiger partial charge < -0.3 is 9.47 Å². The van der Waals surface area contributed by atoms with Gasteiger partial charge in [0.1, 0.15) is 5.69 Å². The van der Waals surface area contributed by atoms with Crippen molar-refractivity contribution >= 4 is 17.4 Å². The predicted molar refractivity (Wildman–Crippen MR) is 123 cm³/mol. The third-order valence-corrected chi connectivity index (χ3v) is 5.84. The molecule has 0 atom stereocenters. The molecule has 6 heteroatoms. The van der Waals surface area contributed by atoms with Crippen molar-refractivity contribution in [3.05, 3.63) is 102 Å². The lowest BCUT2D eigenvalue weighted by atomic mass is 10.1. The summed E-state index contributed by atoms with van der Waals surface area (Å²) in [6.07, 6.45) is 5.12. The van der Waals surface area contributed by atoms with Crippen LogP contribution in [0.4, 0.5) is 5.69 Å². The second kappa shape index (κ2) is 8.30. The molecule has 1 aliphatic rings. The number of ketones is 1. The quantitative estimate of drug-likeness (QED) is 0.430. The summed E-state index contributed by atoms with van der Waals surface area (Å²) in [5.74, 6) is 0.000515. The van der Waals surface area contributed by atoms with Crippen molar-refractivity contribution in [2.45, 2.75) is 32.9 Å². The zero-order valence-electron chi connectivity index (χ0n) is 17.9. The molecule has 4 aromatic rings. The number of hydrogen-bond acceptors (Lipinski definition) is 3. The number of benzene rings is 2. The number of hydrogen-bond donors (Lipinski definition) is 0. The summed E-state index contributed by atoms with van der Waals surface area (Å²) >= 11 is 0. The molecular formula is C26H24N4O2. The highest BCUT2D eigenvalue weighted by atomic mass is 16.2. The van der Waals surface area contributed by atoms with Crippen molar-refractivity contribution < 1.29 is 9.59 Å². The molecule has 0 unspecified atom stereocenters. The van der Waals surface area contributed by atoms with Crippen LogP contribution in [-0.4, -0.2) is 26.0 Å². The van der Waals surface area contributed by atoms with Crippen molar-refractivity contribution in [3.63, 3.8) is 0 Å². The normalized spacial score (nSPS) is 12.7. The predicted octanol–water partition coefficient (Wildman–Crippen LogP) is 4.87. The number of aromatic nitrogens is 3. The Morgan fingerprint density at radius 1 is 0.906 bits per heavy atom. The van der Waals surface area contributed by atoms with E-state index in [0.29, 0.717) is 24.2 Å². The van der Waals surface area contributed by atoms with Gasteiger partial charge in [-0.25, -0.2) is 4.68 Å². The summed E-state index contributed by atoms with van der Waals surface area (Å²) in [5.41, 5.74) is 5.05. The Hall–Kier alpha value is -3.93. The number of amides is 1. The van der Waals surface area contributed by atoms with Crippen LogP contribution in [0, 0.1) is 0 Å². The largest absolute Gasteiger partial charge is 0.345 e. The monoisotopic (exact) mass is 424 g/mol. The van der Waals surface area contributed by atoms with Gasteiger partial charge in [-0.05, 0) is 60.5 Å². The van der Waals surface area contributed by atoms with E-state index in [4.69, 9.17) is 0 Å². The molecule has 160 valence electrons. The van der Waals surface area contributed by atoms with Crippen LogP contribution in [0.1, 0.15) is 51.9 Å². The maximum atomic E-state index is 13.5. The Morgan fingerprint density at radius 2 is 1.72 bits per heavy atom. The standard InChI is InChI=1S/C26H24N4O2/c1-2-6-25(31)23-14-16-30(27-23)21-12-10-19(11-13-21)26(32)29-18-22-8-5-15-28(22)17-20-7-3-4-9-24(20)29/h3-5,7-16H,2,6,17-18H2,1H3. The molecule has 5 rings (SSSR count). The van der Waals surface area contributed by atoms with Crippen molar-refractivity contribution in [2.75, 3.05) is 4.90 Å². The van der Waals surface area contributed by atoms with Gasteiger partial charge in [0.15, 0.2) is 5.78 Å². The zero-order valence-corrected chi connectivity index (χ0v) is 17.9. The van der Waals surface area contributed by atoms with Gasteiger partial charge in [-0.3, -0.25) is 9.59 Å². The molecule has 2 aromatic heterocycles. The van der Waals surface area contributed by atoms with Gasteiger partial charge in [-0.15, -0.1) is 0 Å². The van der Waals surface area contributed by atoms with Crippen LogP contribution in [-0.2, 0) is 13.1 Å². The number of rotatable bonds is 5. The van der Waals surface area contributed by atoms with Crippen LogP contribution in [0.2, 0.25) is 0 Å². The van der Waals surface area contributed by atoms with Crippen LogP contribution in [0.5, 0.6) is 0 Å². The number of fused-ring (bicyclic) bond motifs is 2. The Kier molecular flexibility index (Phi) is 5.19. The molecule has 1 amide bonds. The molecule has 0 spiro atoms.